The first-order chi connectivity index (χ1) is 13.6. The molecule has 7 heteroatoms. The van der Waals surface area contributed by atoms with Crippen molar-refractivity contribution < 1.29 is 9.59 Å². The summed E-state index contributed by atoms with van der Waals surface area (Å²) in [7, 11) is 0. The fourth-order valence-electron chi connectivity index (χ4n) is 3.48. The number of hydrogen-bond acceptors (Lipinski definition) is 5. The van der Waals surface area contributed by atoms with Crippen LogP contribution >= 0.6 is 22.7 Å². The molecule has 2 aromatic rings. The summed E-state index contributed by atoms with van der Waals surface area (Å²) in [5.41, 5.74) is 0. The largest absolute Gasteiger partial charge is 0.354 e. The number of nitrogens with one attached hydrogen (secondary N) is 2. The number of carbonyl (C=O) groups excluding carboxylic acids is 2. The van der Waals surface area contributed by atoms with E-state index >= 15 is 0 Å². The molecule has 0 aromatic carbocycles. The van der Waals surface area contributed by atoms with Gasteiger partial charge in [0.1, 0.15) is 0 Å². The molecule has 0 spiro atoms. The van der Waals surface area contributed by atoms with Crippen LogP contribution in [0.15, 0.2) is 35.0 Å². The standard InChI is InChI=1S/C21H29N3O2S2/c1-16-8-11-24(12-9-16)17(18-5-3-13-27-18)15-23-20(25)7-2-10-22-21(26)19-6-4-14-28-19/h3-6,13-14,16-17H,2,7-12,15H2,1H3,(H,22,26)(H,23,25). The minimum absolute atomic E-state index is 0.0531. The van der Waals surface area contributed by atoms with E-state index in [1.807, 2.05) is 11.4 Å². The molecular formula is C21H29N3O2S2. The van der Waals surface area contributed by atoms with Crippen LogP contribution in [0.3, 0.4) is 0 Å². The summed E-state index contributed by atoms with van der Waals surface area (Å²) >= 11 is 3.18. The molecule has 0 saturated carbocycles. The number of piperidine rings is 1. The van der Waals surface area contributed by atoms with Crippen molar-refractivity contribution in [3.05, 3.63) is 44.8 Å². The first-order valence-corrected chi connectivity index (χ1v) is 11.7. The molecule has 3 heterocycles. The van der Waals surface area contributed by atoms with Crippen LogP contribution in [-0.4, -0.2) is 42.9 Å². The van der Waals surface area contributed by atoms with E-state index in [4.69, 9.17) is 0 Å². The van der Waals surface area contributed by atoms with E-state index in [0.717, 1.165) is 19.0 Å². The second-order valence-corrected chi connectivity index (χ2v) is 9.32. The average Bonchev–Trinajstić information content (AvgIpc) is 3.41. The third kappa shape index (κ3) is 6.15. The SMILES string of the molecule is CC1CCN(C(CNC(=O)CCCNC(=O)c2cccs2)c2cccs2)CC1. The molecule has 1 aliphatic heterocycles. The quantitative estimate of drug-likeness (QED) is 0.606. The lowest BCUT2D eigenvalue weighted by Crippen LogP contribution is -2.41. The molecule has 1 aliphatic rings. The molecule has 0 radical (unpaired) electrons. The molecule has 0 bridgehead atoms. The maximum Gasteiger partial charge on any atom is 0.261 e. The van der Waals surface area contributed by atoms with E-state index in [0.29, 0.717) is 30.8 Å². The Labute approximate surface area is 175 Å². The van der Waals surface area contributed by atoms with E-state index in [1.54, 1.807) is 17.4 Å². The summed E-state index contributed by atoms with van der Waals surface area (Å²) in [5, 5.41) is 9.97. The van der Waals surface area contributed by atoms with Crippen LogP contribution in [0.1, 0.15) is 53.2 Å². The topological polar surface area (TPSA) is 61.4 Å². The molecule has 28 heavy (non-hydrogen) atoms. The van der Waals surface area contributed by atoms with Gasteiger partial charge in [0.25, 0.3) is 5.91 Å². The number of amides is 2. The Balaban J connectivity index is 1.40. The molecule has 2 aromatic heterocycles. The highest BCUT2D eigenvalue weighted by molar-refractivity contribution is 7.12. The lowest BCUT2D eigenvalue weighted by molar-refractivity contribution is -0.121. The number of carbonyl (C=O) groups is 2. The second kappa shape index (κ2) is 10.7. The molecule has 1 unspecified atom stereocenters. The second-order valence-electron chi connectivity index (χ2n) is 7.39. The van der Waals surface area contributed by atoms with Gasteiger partial charge in [0, 0.05) is 24.4 Å². The fraction of sp³-hybridized carbons (Fsp3) is 0.524. The number of nitrogens with zero attached hydrogens (tertiary/aromatic N) is 1. The number of hydrogen-bond donors (Lipinski definition) is 2. The molecule has 5 nitrogen and oxygen atoms in total. The number of likely N-dealkylation sites (tertiary alicyclic amines) is 1. The van der Waals surface area contributed by atoms with Crippen LogP contribution < -0.4 is 10.6 Å². The van der Waals surface area contributed by atoms with Crippen LogP contribution in [0.25, 0.3) is 0 Å². The van der Waals surface area contributed by atoms with E-state index in [1.165, 1.54) is 29.1 Å². The van der Waals surface area contributed by atoms with Crippen LogP contribution in [0.2, 0.25) is 0 Å². The Hall–Kier alpha value is -1.70. The zero-order chi connectivity index (χ0) is 19.8. The smallest absolute Gasteiger partial charge is 0.261 e. The lowest BCUT2D eigenvalue weighted by Gasteiger charge is -2.36. The number of rotatable bonds is 9. The Bertz CT molecular complexity index is 723. The minimum atomic E-state index is -0.0625. The van der Waals surface area contributed by atoms with Crippen molar-refractivity contribution >= 4 is 34.5 Å². The summed E-state index contributed by atoms with van der Waals surface area (Å²) in [4.78, 5) is 28.7. The van der Waals surface area contributed by atoms with Crippen LogP contribution in [0, 0.1) is 5.92 Å². The van der Waals surface area contributed by atoms with Crippen molar-refractivity contribution in [1.29, 1.82) is 0 Å². The van der Waals surface area contributed by atoms with Gasteiger partial charge in [0.05, 0.1) is 10.9 Å². The first kappa shape index (κ1) is 21.0. The molecule has 152 valence electrons. The first-order valence-electron chi connectivity index (χ1n) is 9.99. The maximum absolute atomic E-state index is 12.3. The van der Waals surface area contributed by atoms with Gasteiger partial charge < -0.3 is 10.6 Å². The predicted molar refractivity (Wildman–Crippen MR) is 116 cm³/mol. The van der Waals surface area contributed by atoms with Crippen molar-refractivity contribution in [2.75, 3.05) is 26.2 Å². The summed E-state index contributed by atoms with van der Waals surface area (Å²) in [5.74, 6) is 0.781. The molecule has 1 fully saturated rings. The highest BCUT2D eigenvalue weighted by atomic mass is 32.1. The van der Waals surface area contributed by atoms with Crippen molar-refractivity contribution in [3.8, 4) is 0 Å². The monoisotopic (exact) mass is 419 g/mol. The maximum atomic E-state index is 12.3. The van der Waals surface area contributed by atoms with E-state index in [-0.39, 0.29) is 17.9 Å². The molecule has 1 atom stereocenters. The highest BCUT2D eigenvalue weighted by Crippen LogP contribution is 2.29. The van der Waals surface area contributed by atoms with Gasteiger partial charge >= 0.3 is 0 Å². The van der Waals surface area contributed by atoms with Gasteiger partial charge in [-0.05, 0) is 61.2 Å². The van der Waals surface area contributed by atoms with Crippen LogP contribution in [0.4, 0.5) is 0 Å². The zero-order valence-electron chi connectivity index (χ0n) is 16.4. The predicted octanol–water partition coefficient (Wildman–Crippen LogP) is 3.91. The normalized spacial score (nSPS) is 16.6. The third-order valence-corrected chi connectivity index (χ3v) is 7.08. The summed E-state index contributed by atoms with van der Waals surface area (Å²) in [6.07, 6.45) is 3.52. The lowest BCUT2D eigenvalue weighted by atomic mass is 9.97. The van der Waals surface area contributed by atoms with Crippen molar-refractivity contribution in [2.45, 2.75) is 38.6 Å². The summed E-state index contributed by atoms with van der Waals surface area (Å²) in [6.45, 7) is 5.66. The molecule has 0 aliphatic carbocycles. The van der Waals surface area contributed by atoms with E-state index in [2.05, 4.69) is 40.0 Å². The van der Waals surface area contributed by atoms with Crippen molar-refractivity contribution in [1.82, 2.24) is 15.5 Å². The zero-order valence-corrected chi connectivity index (χ0v) is 18.0. The number of thiophene rings is 2. The molecular weight excluding hydrogens is 390 g/mol. The van der Waals surface area contributed by atoms with Crippen LogP contribution in [-0.2, 0) is 4.79 Å². The molecule has 1 saturated heterocycles. The van der Waals surface area contributed by atoms with Gasteiger partial charge in [-0.3, -0.25) is 14.5 Å². The van der Waals surface area contributed by atoms with Gasteiger partial charge in [0.2, 0.25) is 5.91 Å². The Morgan fingerprint density at radius 2 is 1.89 bits per heavy atom. The minimum Gasteiger partial charge on any atom is -0.354 e. The highest BCUT2D eigenvalue weighted by Gasteiger charge is 2.25. The Kier molecular flexibility index (Phi) is 8.06. The Morgan fingerprint density at radius 3 is 2.57 bits per heavy atom. The molecule has 2 amide bonds. The van der Waals surface area contributed by atoms with Gasteiger partial charge in [-0.15, -0.1) is 22.7 Å². The van der Waals surface area contributed by atoms with Gasteiger partial charge in [-0.25, -0.2) is 0 Å². The fourth-order valence-corrected chi connectivity index (χ4v) is 4.98. The van der Waals surface area contributed by atoms with Crippen molar-refractivity contribution in [2.24, 2.45) is 5.92 Å². The van der Waals surface area contributed by atoms with Gasteiger partial charge in [-0.2, -0.15) is 0 Å². The van der Waals surface area contributed by atoms with Crippen molar-refractivity contribution in [3.63, 3.8) is 0 Å². The third-order valence-electron chi connectivity index (χ3n) is 5.23. The van der Waals surface area contributed by atoms with Gasteiger partial charge in [-0.1, -0.05) is 19.1 Å². The van der Waals surface area contributed by atoms with E-state index in [9.17, 15) is 9.59 Å². The van der Waals surface area contributed by atoms with Crippen LogP contribution in [0.5, 0.6) is 0 Å². The molecule has 3 rings (SSSR count). The van der Waals surface area contributed by atoms with Gasteiger partial charge in [0.15, 0.2) is 0 Å². The van der Waals surface area contributed by atoms with E-state index < -0.39 is 0 Å². The summed E-state index contributed by atoms with van der Waals surface area (Å²) in [6, 6.07) is 8.17. The molecule has 2 N–H and O–H groups in total. The average molecular weight is 420 g/mol. The summed E-state index contributed by atoms with van der Waals surface area (Å²) < 4.78 is 0. The Morgan fingerprint density at radius 1 is 1.14 bits per heavy atom.